The lowest BCUT2D eigenvalue weighted by molar-refractivity contribution is 0.428. The van der Waals surface area contributed by atoms with E-state index < -0.39 is 0 Å². The van der Waals surface area contributed by atoms with Crippen molar-refractivity contribution in [3.05, 3.63) is 23.8 Å². The number of benzene rings is 1. The van der Waals surface area contributed by atoms with Crippen LogP contribution in [0.3, 0.4) is 0 Å². The maximum atomic E-state index is 6.11. The molecule has 0 aromatic heterocycles. The maximum absolute atomic E-state index is 6.11. The van der Waals surface area contributed by atoms with Crippen molar-refractivity contribution < 1.29 is 0 Å². The Morgan fingerprint density at radius 2 is 1.94 bits per heavy atom. The lowest BCUT2D eigenvalue weighted by atomic mass is 9.94. The van der Waals surface area contributed by atoms with Crippen molar-refractivity contribution in [1.29, 1.82) is 0 Å². The average Bonchev–Trinajstić information content (AvgIpc) is 2.39. The standard InChI is InChI=1S/C15H24N2/c1-3-12-9-10-14(16)15(11-12)17(2)13-7-5-4-6-8-13/h9-11,13H,3-8,16H2,1-2H3. The molecule has 94 valence electrons. The Morgan fingerprint density at radius 1 is 1.24 bits per heavy atom. The molecule has 0 amide bonds. The minimum Gasteiger partial charge on any atom is -0.397 e. The quantitative estimate of drug-likeness (QED) is 0.807. The van der Waals surface area contributed by atoms with Gasteiger partial charge in [0.2, 0.25) is 0 Å². The summed E-state index contributed by atoms with van der Waals surface area (Å²) in [5.74, 6) is 0. The Labute approximate surface area is 105 Å². The third-order valence-electron chi connectivity index (χ3n) is 4.01. The first kappa shape index (κ1) is 12.3. The largest absolute Gasteiger partial charge is 0.397 e. The molecule has 1 fully saturated rings. The molecule has 0 heterocycles. The summed E-state index contributed by atoms with van der Waals surface area (Å²) in [4.78, 5) is 2.40. The van der Waals surface area contributed by atoms with Crippen molar-refractivity contribution in [1.82, 2.24) is 0 Å². The van der Waals surface area contributed by atoms with Gasteiger partial charge in [-0.05, 0) is 37.0 Å². The van der Waals surface area contributed by atoms with Crippen LogP contribution < -0.4 is 10.6 Å². The van der Waals surface area contributed by atoms with Gasteiger partial charge in [-0.15, -0.1) is 0 Å². The average molecular weight is 232 g/mol. The molecule has 2 N–H and O–H groups in total. The molecule has 2 nitrogen and oxygen atoms in total. The zero-order valence-corrected chi connectivity index (χ0v) is 11.1. The first-order valence-electron chi connectivity index (χ1n) is 6.83. The van der Waals surface area contributed by atoms with E-state index in [1.165, 1.54) is 43.4 Å². The van der Waals surface area contributed by atoms with Crippen LogP contribution in [0.1, 0.15) is 44.6 Å². The molecule has 0 saturated heterocycles. The van der Waals surface area contributed by atoms with Gasteiger partial charge >= 0.3 is 0 Å². The van der Waals surface area contributed by atoms with E-state index in [1.54, 1.807) is 0 Å². The third-order valence-corrected chi connectivity index (χ3v) is 4.01. The molecule has 0 spiro atoms. The molecule has 0 atom stereocenters. The van der Waals surface area contributed by atoms with Crippen LogP contribution >= 0.6 is 0 Å². The van der Waals surface area contributed by atoms with Crippen molar-refractivity contribution in [3.8, 4) is 0 Å². The summed E-state index contributed by atoms with van der Waals surface area (Å²) in [5, 5.41) is 0. The first-order valence-corrected chi connectivity index (χ1v) is 6.83. The van der Waals surface area contributed by atoms with Gasteiger partial charge in [0.05, 0.1) is 11.4 Å². The van der Waals surface area contributed by atoms with Gasteiger partial charge in [-0.25, -0.2) is 0 Å². The van der Waals surface area contributed by atoms with Gasteiger partial charge in [-0.3, -0.25) is 0 Å². The number of nitrogens with two attached hydrogens (primary N) is 1. The van der Waals surface area contributed by atoms with E-state index in [0.717, 1.165) is 12.1 Å². The highest BCUT2D eigenvalue weighted by Gasteiger charge is 2.19. The van der Waals surface area contributed by atoms with E-state index in [2.05, 4.69) is 31.0 Å². The Kier molecular flexibility index (Phi) is 3.93. The minimum absolute atomic E-state index is 0.679. The van der Waals surface area contributed by atoms with Crippen LogP contribution in [-0.2, 0) is 6.42 Å². The third kappa shape index (κ3) is 2.74. The van der Waals surface area contributed by atoms with Gasteiger partial charge in [0.25, 0.3) is 0 Å². The highest BCUT2D eigenvalue weighted by atomic mass is 15.1. The molecule has 2 rings (SSSR count). The summed E-state index contributed by atoms with van der Waals surface area (Å²) in [6.45, 7) is 2.19. The highest BCUT2D eigenvalue weighted by molar-refractivity contribution is 5.68. The Bertz CT molecular complexity index is 367. The van der Waals surface area contributed by atoms with E-state index >= 15 is 0 Å². The van der Waals surface area contributed by atoms with Crippen molar-refractivity contribution in [2.45, 2.75) is 51.5 Å². The maximum Gasteiger partial charge on any atom is 0.0602 e. The first-order chi connectivity index (χ1) is 8.22. The lowest BCUT2D eigenvalue weighted by Gasteiger charge is -2.34. The number of anilines is 2. The molecule has 1 aromatic rings. The number of nitrogen functional groups attached to an aromatic ring is 1. The summed E-state index contributed by atoms with van der Waals surface area (Å²) in [6, 6.07) is 7.11. The fourth-order valence-corrected chi connectivity index (χ4v) is 2.78. The van der Waals surface area contributed by atoms with Gasteiger partial charge < -0.3 is 10.6 Å². The van der Waals surface area contributed by atoms with Crippen LogP contribution in [0.4, 0.5) is 11.4 Å². The van der Waals surface area contributed by atoms with Crippen LogP contribution in [0.2, 0.25) is 0 Å². The summed E-state index contributed by atoms with van der Waals surface area (Å²) in [7, 11) is 2.20. The van der Waals surface area contributed by atoms with Crippen molar-refractivity contribution in [3.63, 3.8) is 0 Å². The van der Waals surface area contributed by atoms with E-state index in [9.17, 15) is 0 Å². The second kappa shape index (κ2) is 5.44. The van der Waals surface area contributed by atoms with Crippen LogP contribution in [0, 0.1) is 0 Å². The second-order valence-electron chi connectivity index (χ2n) is 5.15. The van der Waals surface area contributed by atoms with Gasteiger partial charge in [-0.1, -0.05) is 32.3 Å². The smallest absolute Gasteiger partial charge is 0.0602 e. The number of aryl methyl sites for hydroxylation is 1. The van der Waals surface area contributed by atoms with Crippen molar-refractivity contribution >= 4 is 11.4 Å². The highest BCUT2D eigenvalue weighted by Crippen LogP contribution is 2.30. The molecule has 1 aliphatic carbocycles. The van der Waals surface area contributed by atoms with Gasteiger partial charge in [0, 0.05) is 13.1 Å². The summed E-state index contributed by atoms with van der Waals surface area (Å²) >= 11 is 0. The Morgan fingerprint density at radius 3 is 2.59 bits per heavy atom. The lowest BCUT2D eigenvalue weighted by Crippen LogP contribution is -2.33. The molecular formula is C15H24N2. The molecule has 0 unspecified atom stereocenters. The Balaban J connectivity index is 2.19. The molecule has 0 radical (unpaired) electrons. The van der Waals surface area contributed by atoms with E-state index in [4.69, 9.17) is 5.73 Å². The predicted molar refractivity (Wildman–Crippen MR) is 75.5 cm³/mol. The minimum atomic E-state index is 0.679. The topological polar surface area (TPSA) is 29.3 Å². The van der Waals surface area contributed by atoms with Gasteiger partial charge in [-0.2, -0.15) is 0 Å². The SMILES string of the molecule is CCc1ccc(N)c(N(C)C2CCCCC2)c1. The Hall–Kier alpha value is -1.18. The number of hydrogen-bond acceptors (Lipinski definition) is 2. The molecule has 0 bridgehead atoms. The second-order valence-corrected chi connectivity index (χ2v) is 5.15. The van der Waals surface area contributed by atoms with Crippen molar-refractivity contribution in [2.24, 2.45) is 0 Å². The fraction of sp³-hybridized carbons (Fsp3) is 0.600. The molecule has 2 heteroatoms. The number of rotatable bonds is 3. The van der Waals surface area contributed by atoms with Crippen LogP contribution in [0.15, 0.2) is 18.2 Å². The normalized spacial score (nSPS) is 17.1. The van der Waals surface area contributed by atoms with Gasteiger partial charge in [0.15, 0.2) is 0 Å². The fourth-order valence-electron chi connectivity index (χ4n) is 2.78. The zero-order valence-electron chi connectivity index (χ0n) is 11.1. The number of nitrogens with zero attached hydrogens (tertiary/aromatic N) is 1. The van der Waals surface area contributed by atoms with Crippen LogP contribution in [-0.4, -0.2) is 13.1 Å². The number of hydrogen-bond donors (Lipinski definition) is 1. The molecule has 1 aliphatic rings. The zero-order chi connectivity index (χ0) is 12.3. The van der Waals surface area contributed by atoms with Crippen LogP contribution in [0.25, 0.3) is 0 Å². The molecule has 1 aromatic carbocycles. The van der Waals surface area contributed by atoms with Gasteiger partial charge in [0.1, 0.15) is 0 Å². The monoisotopic (exact) mass is 232 g/mol. The summed E-state index contributed by atoms with van der Waals surface area (Å²) in [6.07, 6.45) is 7.82. The van der Waals surface area contributed by atoms with Crippen LogP contribution in [0.5, 0.6) is 0 Å². The van der Waals surface area contributed by atoms with Crippen molar-refractivity contribution in [2.75, 3.05) is 17.7 Å². The molecule has 0 aliphatic heterocycles. The van der Waals surface area contributed by atoms with E-state index in [0.29, 0.717) is 6.04 Å². The molecule has 1 saturated carbocycles. The molecule has 17 heavy (non-hydrogen) atoms. The van der Waals surface area contributed by atoms with E-state index in [-0.39, 0.29) is 0 Å². The predicted octanol–water partition coefficient (Wildman–Crippen LogP) is 3.60. The summed E-state index contributed by atoms with van der Waals surface area (Å²) in [5.41, 5.74) is 9.61. The van der Waals surface area contributed by atoms with E-state index in [1.807, 2.05) is 6.07 Å². The summed E-state index contributed by atoms with van der Waals surface area (Å²) < 4.78 is 0. The molecular weight excluding hydrogens is 208 g/mol.